The molecule has 0 aromatic carbocycles. The predicted octanol–water partition coefficient (Wildman–Crippen LogP) is 5.02. The molecule has 4 fully saturated rings. The summed E-state index contributed by atoms with van der Waals surface area (Å²) in [6.45, 7) is 0. The summed E-state index contributed by atoms with van der Waals surface area (Å²) in [6.07, 6.45) is 21.1. The standard InChI is InChI=1S/C29H55N3O/c1-30(2)25-13-7-21(8-14-25)24-19-28(22-9-15-26(16-10-22)31(3)4)33-29(20-24)23-11-17-27(18-12-23)32(5)6/h21-29H,7-20H2,1-6H3/p+1. The van der Waals surface area contributed by atoms with Crippen LogP contribution in [0, 0.1) is 23.7 Å². The first kappa shape index (κ1) is 25.9. The lowest BCUT2D eigenvalue weighted by Gasteiger charge is -2.45. The number of hydrogen-bond donors (Lipinski definition) is 0. The van der Waals surface area contributed by atoms with Gasteiger partial charge in [-0.3, -0.25) is 0 Å². The number of nitrogens with zero attached hydrogens (tertiary/aromatic N) is 3. The molecule has 4 nitrogen and oxygen atoms in total. The van der Waals surface area contributed by atoms with Crippen molar-refractivity contribution in [2.45, 2.75) is 120 Å². The van der Waals surface area contributed by atoms with Crippen LogP contribution < -0.4 is 0 Å². The molecule has 2 atom stereocenters. The van der Waals surface area contributed by atoms with Gasteiger partial charge in [-0.05, 0) is 131 Å². The molecule has 0 amide bonds. The highest BCUT2D eigenvalue weighted by Gasteiger charge is 2.46. The lowest BCUT2D eigenvalue weighted by Crippen LogP contribution is -2.49. The maximum Gasteiger partial charge on any atom is 0.158 e. The molecular weight excluding hydrogens is 406 g/mol. The molecule has 3 aliphatic carbocycles. The molecule has 3 saturated carbocycles. The van der Waals surface area contributed by atoms with E-state index in [1.54, 1.807) is 0 Å². The molecule has 33 heavy (non-hydrogen) atoms. The fraction of sp³-hybridized carbons (Fsp3) is 1.00. The third kappa shape index (κ3) is 6.54. The average Bonchev–Trinajstić information content (AvgIpc) is 2.84. The Balaban J connectivity index is 1.40. The van der Waals surface area contributed by atoms with E-state index in [9.17, 15) is 0 Å². The summed E-state index contributed by atoms with van der Waals surface area (Å²) in [5, 5.41) is 0. The summed E-state index contributed by atoms with van der Waals surface area (Å²) in [5.41, 5.74) is 0. The summed E-state index contributed by atoms with van der Waals surface area (Å²) in [4.78, 5) is 7.41. The van der Waals surface area contributed by atoms with Crippen molar-refractivity contribution < 1.29 is 4.74 Å². The van der Waals surface area contributed by atoms with Gasteiger partial charge in [0, 0.05) is 42.8 Å². The molecule has 1 aliphatic heterocycles. The van der Waals surface area contributed by atoms with Crippen molar-refractivity contribution in [3.8, 4) is 0 Å². The smallest absolute Gasteiger partial charge is 0.158 e. The van der Waals surface area contributed by atoms with Crippen LogP contribution in [-0.4, -0.2) is 92.1 Å². The van der Waals surface area contributed by atoms with Gasteiger partial charge in [0.15, 0.2) is 12.2 Å². The van der Waals surface area contributed by atoms with Crippen LogP contribution in [-0.2, 0) is 0 Å². The van der Waals surface area contributed by atoms with Gasteiger partial charge >= 0.3 is 0 Å². The topological polar surface area (TPSA) is 22.5 Å². The van der Waals surface area contributed by atoms with Gasteiger partial charge in [-0.1, -0.05) is 0 Å². The Morgan fingerprint density at radius 3 is 1.00 bits per heavy atom. The van der Waals surface area contributed by atoms with Crippen molar-refractivity contribution in [3.63, 3.8) is 0 Å². The van der Waals surface area contributed by atoms with Crippen molar-refractivity contribution in [2.24, 2.45) is 23.7 Å². The molecule has 2 unspecified atom stereocenters. The zero-order chi connectivity index (χ0) is 23.5. The van der Waals surface area contributed by atoms with E-state index >= 15 is 0 Å². The van der Waals surface area contributed by atoms with Crippen molar-refractivity contribution in [3.05, 3.63) is 0 Å². The molecule has 0 aromatic rings. The fourth-order valence-corrected chi connectivity index (χ4v) is 8.19. The Bertz CT molecular complexity index is 483. The summed E-state index contributed by atoms with van der Waals surface area (Å²) in [5.74, 6) is 3.64. The molecule has 0 bridgehead atoms. The zero-order valence-electron chi connectivity index (χ0n) is 22.9. The summed E-state index contributed by atoms with van der Waals surface area (Å²) in [7, 11) is 13.7. The van der Waals surface area contributed by atoms with E-state index in [0.29, 0.717) is 12.2 Å². The van der Waals surface area contributed by atoms with Crippen LogP contribution in [0.5, 0.6) is 0 Å². The lowest BCUT2D eigenvalue weighted by atomic mass is 9.68. The maximum atomic E-state index is 5.72. The first-order valence-corrected chi connectivity index (χ1v) is 14.5. The van der Waals surface area contributed by atoms with E-state index in [4.69, 9.17) is 4.74 Å². The maximum absolute atomic E-state index is 5.72. The van der Waals surface area contributed by atoms with Crippen LogP contribution >= 0.6 is 0 Å². The number of rotatable bonds is 6. The molecule has 4 rings (SSSR count). The van der Waals surface area contributed by atoms with Crippen LogP contribution in [0.25, 0.3) is 0 Å². The van der Waals surface area contributed by atoms with Crippen molar-refractivity contribution in [1.29, 1.82) is 0 Å². The molecule has 192 valence electrons. The number of aliphatic hydroxyl groups is 2. The van der Waals surface area contributed by atoms with Gasteiger partial charge < -0.3 is 19.4 Å². The molecule has 0 spiro atoms. The molecule has 0 radical (unpaired) electrons. The van der Waals surface area contributed by atoms with E-state index in [1.165, 1.54) is 89.9 Å². The van der Waals surface area contributed by atoms with Crippen LogP contribution in [0.15, 0.2) is 0 Å². The summed E-state index contributed by atoms with van der Waals surface area (Å²) >= 11 is 0. The third-order valence-corrected chi connectivity index (χ3v) is 10.6. The zero-order valence-corrected chi connectivity index (χ0v) is 22.9. The largest absolute Gasteiger partial charge is 0.429 e. The van der Waals surface area contributed by atoms with E-state index < -0.39 is 0 Å². The van der Waals surface area contributed by atoms with E-state index in [-0.39, 0.29) is 0 Å². The van der Waals surface area contributed by atoms with Crippen LogP contribution in [0.1, 0.15) is 89.9 Å². The molecule has 1 saturated heterocycles. The SMILES string of the molecule is CN(C)C1CCC(C2CC(C3CCC(N(C)C)CC3)[OH+]C(C3CCC(N(C)C)CC3)C2)CC1. The molecular formula is C29H56N3O+. The molecule has 1 N–H and O–H groups in total. The summed E-state index contributed by atoms with van der Waals surface area (Å²) in [6, 6.07) is 2.43. The van der Waals surface area contributed by atoms with Crippen LogP contribution in [0.3, 0.4) is 0 Å². The fourth-order valence-electron chi connectivity index (χ4n) is 8.19. The van der Waals surface area contributed by atoms with Crippen molar-refractivity contribution in [1.82, 2.24) is 14.7 Å². The van der Waals surface area contributed by atoms with E-state index in [2.05, 4.69) is 57.0 Å². The van der Waals surface area contributed by atoms with E-state index in [1.807, 2.05) is 0 Å². The van der Waals surface area contributed by atoms with Gasteiger partial charge in [-0.2, -0.15) is 0 Å². The first-order chi connectivity index (χ1) is 15.8. The minimum absolute atomic E-state index is 0.662. The van der Waals surface area contributed by atoms with Crippen LogP contribution in [0.4, 0.5) is 0 Å². The Labute approximate surface area is 205 Å². The van der Waals surface area contributed by atoms with Gasteiger partial charge in [0.25, 0.3) is 0 Å². The monoisotopic (exact) mass is 462 g/mol. The molecule has 1 heterocycles. The molecule has 4 heteroatoms. The van der Waals surface area contributed by atoms with Crippen molar-refractivity contribution in [2.75, 3.05) is 42.3 Å². The second-order valence-corrected chi connectivity index (χ2v) is 13.1. The third-order valence-electron chi connectivity index (χ3n) is 10.6. The highest BCUT2D eigenvalue weighted by molar-refractivity contribution is 4.92. The van der Waals surface area contributed by atoms with Crippen LogP contribution in [0.2, 0.25) is 0 Å². The van der Waals surface area contributed by atoms with Gasteiger partial charge in [0.2, 0.25) is 0 Å². The summed E-state index contributed by atoms with van der Waals surface area (Å²) < 4.78 is 5.72. The minimum atomic E-state index is 0.662. The molecule has 4 aliphatic rings. The minimum Gasteiger partial charge on any atom is -0.429 e. The lowest BCUT2D eigenvalue weighted by molar-refractivity contribution is -0.248. The van der Waals surface area contributed by atoms with Gasteiger partial charge in [0.05, 0.1) is 0 Å². The predicted molar refractivity (Wildman–Crippen MR) is 141 cm³/mol. The number of ether oxygens (including phenoxy) is 1. The second-order valence-electron chi connectivity index (χ2n) is 13.1. The Morgan fingerprint density at radius 2 is 0.697 bits per heavy atom. The van der Waals surface area contributed by atoms with Gasteiger partial charge in [-0.15, -0.1) is 0 Å². The number of hydrogen-bond acceptors (Lipinski definition) is 3. The highest BCUT2D eigenvalue weighted by Crippen LogP contribution is 2.45. The quantitative estimate of drug-likeness (QED) is 0.517. The Kier molecular flexibility index (Phi) is 9.20. The second kappa shape index (κ2) is 11.7. The van der Waals surface area contributed by atoms with Gasteiger partial charge in [-0.25, -0.2) is 0 Å². The average molecular weight is 463 g/mol. The normalized spacial score (nSPS) is 43.4. The van der Waals surface area contributed by atoms with E-state index in [0.717, 1.165) is 41.8 Å². The van der Waals surface area contributed by atoms with Crippen molar-refractivity contribution >= 4 is 0 Å². The Morgan fingerprint density at radius 1 is 0.394 bits per heavy atom. The highest BCUT2D eigenvalue weighted by atomic mass is 16.5. The van der Waals surface area contributed by atoms with Gasteiger partial charge in [0.1, 0.15) is 0 Å². The Hall–Kier alpha value is -0.160. The molecule has 0 aromatic heterocycles. The first-order valence-electron chi connectivity index (χ1n) is 14.5.